The van der Waals surface area contributed by atoms with Gasteiger partial charge in [-0.1, -0.05) is 171 Å². The molecule has 6 heteroatoms. The van der Waals surface area contributed by atoms with Crippen LogP contribution >= 0.6 is 0 Å². The molecular formula is C52H88O6. The third-order valence-corrected chi connectivity index (χ3v) is 9.93. The Morgan fingerprint density at radius 1 is 0.362 bits per heavy atom. The molecule has 0 aliphatic rings. The van der Waals surface area contributed by atoms with E-state index in [4.69, 9.17) is 14.2 Å². The summed E-state index contributed by atoms with van der Waals surface area (Å²) in [5, 5.41) is 0. The predicted octanol–water partition coefficient (Wildman–Crippen LogP) is 15.5. The second kappa shape index (κ2) is 46.5. The van der Waals surface area contributed by atoms with Gasteiger partial charge in [0.2, 0.25) is 0 Å². The molecule has 0 N–H and O–H groups in total. The van der Waals surface area contributed by atoms with E-state index in [9.17, 15) is 14.4 Å². The molecule has 0 radical (unpaired) electrons. The normalized spacial score (nSPS) is 12.7. The van der Waals surface area contributed by atoms with Crippen molar-refractivity contribution in [3.63, 3.8) is 0 Å². The number of ether oxygens (including phenoxy) is 3. The topological polar surface area (TPSA) is 78.9 Å². The van der Waals surface area contributed by atoms with Gasteiger partial charge in [0, 0.05) is 19.3 Å². The maximum atomic E-state index is 12.7. The summed E-state index contributed by atoms with van der Waals surface area (Å²) in [6.45, 7) is 6.33. The fourth-order valence-electron chi connectivity index (χ4n) is 6.37. The summed E-state index contributed by atoms with van der Waals surface area (Å²) < 4.78 is 16.7. The van der Waals surface area contributed by atoms with Crippen LogP contribution in [0.4, 0.5) is 0 Å². The van der Waals surface area contributed by atoms with E-state index < -0.39 is 6.10 Å². The van der Waals surface area contributed by atoms with Gasteiger partial charge in [0.05, 0.1) is 0 Å². The van der Waals surface area contributed by atoms with Gasteiger partial charge in [0.15, 0.2) is 6.10 Å². The van der Waals surface area contributed by atoms with Crippen LogP contribution in [0, 0.1) is 0 Å². The Balaban J connectivity index is 4.39. The Bertz CT molecular complexity index is 1110. The number of carbonyl (C=O) groups is 3. The molecule has 0 aromatic heterocycles. The molecule has 332 valence electrons. The van der Waals surface area contributed by atoms with Gasteiger partial charge in [-0.15, -0.1) is 0 Å². The van der Waals surface area contributed by atoms with Gasteiger partial charge in [-0.2, -0.15) is 0 Å². The predicted molar refractivity (Wildman–Crippen MR) is 247 cm³/mol. The molecule has 58 heavy (non-hydrogen) atoms. The number of hydrogen-bond acceptors (Lipinski definition) is 6. The number of esters is 3. The molecule has 0 saturated heterocycles. The van der Waals surface area contributed by atoms with Crippen LogP contribution < -0.4 is 0 Å². The summed E-state index contributed by atoms with van der Waals surface area (Å²) in [6, 6.07) is 0. The van der Waals surface area contributed by atoms with Crippen molar-refractivity contribution in [2.45, 2.75) is 226 Å². The lowest BCUT2D eigenvalue weighted by atomic mass is 10.1. The minimum Gasteiger partial charge on any atom is -0.462 e. The Kier molecular flexibility index (Phi) is 44.0. The van der Waals surface area contributed by atoms with Crippen LogP contribution in [0.1, 0.15) is 220 Å². The van der Waals surface area contributed by atoms with Crippen LogP contribution in [0.25, 0.3) is 0 Å². The maximum absolute atomic E-state index is 12.7. The minimum atomic E-state index is -0.794. The largest absolute Gasteiger partial charge is 0.462 e. The van der Waals surface area contributed by atoms with Gasteiger partial charge in [-0.25, -0.2) is 0 Å². The highest BCUT2D eigenvalue weighted by Crippen LogP contribution is 2.13. The molecule has 0 bridgehead atoms. The lowest BCUT2D eigenvalue weighted by molar-refractivity contribution is -0.167. The highest BCUT2D eigenvalue weighted by atomic mass is 16.6. The van der Waals surface area contributed by atoms with Crippen molar-refractivity contribution in [2.75, 3.05) is 13.2 Å². The molecule has 0 rings (SSSR count). The molecule has 0 aliphatic carbocycles. The average molecular weight is 809 g/mol. The highest BCUT2D eigenvalue weighted by molar-refractivity contribution is 5.71. The summed E-state index contributed by atoms with van der Waals surface area (Å²) >= 11 is 0. The van der Waals surface area contributed by atoms with E-state index in [1.54, 1.807) is 0 Å². The molecule has 6 nitrogen and oxygen atoms in total. The number of allylic oxidation sites excluding steroid dienone is 12. The zero-order chi connectivity index (χ0) is 42.3. The molecule has 0 aliphatic heterocycles. The minimum absolute atomic E-state index is 0.0949. The van der Waals surface area contributed by atoms with Crippen LogP contribution in [-0.4, -0.2) is 37.2 Å². The molecule has 1 atom stereocenters. The van der Waals surface area contributed by atoms with E-state index in [1.807, 2.05) is 0 Å². The monoisotopic (exact) mass is 809 g/mol. The molecule has 0 aromatic rings. The Morgan fingerprint density at radius 3 is 1.10 bits per heavy atom. The lowest BCUT2D eigenvalue weighted by Gasteiger charge is -2.18. The molecule has 0 aromatic carbocycles. The summed E-state index contributed by atoms with van der Waals surface area (Å²) in [7, 11) is 0. The smallest absolute Gasteiger partial charge is 0.306 e. The van der Waals surface area contributed by atoms with Crippen molar-refractivity contribution in [1.82, 2.24) is 0 Å². The van der Waals surface area contributed by atoms with E-state index >= 15 is 0 Å². The van der Waals surface area contributed by atoms with Gasteiger partial charge in [-0.3, -0.25) is 14.4 Å². The van der Waals surface area contributed by atoms with Gasteiger partial charge in [0.1, 0.15) is 13.2 Å². The zero-order valence-corrected chi connectivity index (χ0v) is 37.8. The lowest BCUT2D eigenvalue weighted by Crippen LogP contribution is -2.30. The quantitative estimate of drug-likeness (QED) is 0.0264. The third kappa shape index (κ3) is 44.0. The fraction of sp³-hybridized carbons (Fsp3) is 0.712. The number of carbonyl (C=O) groups excluding carboxylic acids is 3. The number of hydrogen-bond donors (Lipinski definition) is 0. The summed E-state index contributed by atoms with van der Waals surface area (Å²) in [4.78, 5) is 37.8. The van der Waals surface area contributed by atoms with Crippen molar-refractivity contribution >= 4 is 17.9 Å². The molecular weight excluding hydrogens is 721 g/mol. The maximum Gasteiger partial charge on any atom is 0.306 e. The van der Waals surface area contributed by atoms with Gasteiger partial charge >= 0.3 is 17.9 Å². The summed E-state index contributed by atoms with van der Waals surface area (Å²) in [5.41, 5.74) is 0. The van der Waals surface area contributed by atoms with Gasteiger partial charge < -0.3 is 14.2 Å². The Hall–Kier alpha value is -3.15. The van der Waals surface area contributed by atoms with Crippen molar-refractivity contribution < 1.29 is 28.6 Å². The zero-order valence-electron chi connectivity index (χ0n) is 37.8. The Morgan fingerprint density at radius 2 is 0.672 bits per heavy atom. The standard InChI is InChI=1S/C52H88O6/c1-4-7-10-13-16-19-21-23-25-27-28-30-33-36-39-42-45-51(54)57-48-49(47-56-50(53)44-41-38-35-32-18-15-12-9-6-3)58-52(55)46-43-40-37-34-31-29-26-24-22-20-17-14-11-8-5-2/h7,9-10,12,16,18-20,22-23,25,32,49H,4-6,8,11,13-15,17,21,24,26-31,33-48H2,1-3H3/b10-7-,12-9-,19-16-,22-20-,25-23-,32-18-. The van der Waals surface area contributed by atoms with E-state index in [0.29, 0.717) is 19.3 Å². The second-order valence-electron chi connectivity index (χ2n) is 15.6. The molecule has 0 amide bonds. The summed E-state index contributed by atoms with van der Waals surface area (Å²) in [5.74, 6) is -0.952. The van der Waals surface area contributed by atoms with Crippen LogP contribution in [0.15, 0.2) is 72.9 Å². The van der Waals surface area contributed by atoms with Crippen LogP contribution in [0.5, 0.6) is 0 Å². The van der Waals surface area contributed by atoms with E-state index in [1.165, 1.54) is 83.5 Å². The highest BCUT2D eigenvalue weighted by Gasteiger charge is 2.19. The second-order valence-corrected chi connectivity index (χ2v) is 15.6. The first kappa shape index (κ1) is 54.9. The first-order valence-corrected chi connectivity index (χ1v) is 23.9. The van der Waals surface area contributed by atoms with Crippen molar-refractivity contribution in [3.05, 3.63) is 72.9 Å². The van der Waals surface area contributed by atoms with Gasteiger partial charge in [0.25, 0.3) is 0 Å². The molecule has 0 fully saturated rings. The first-order valence-electron chi connectivity index (χ1n) is 23.9. The molecule has 0 spiro atoms. The van der Waals surface area contributed by atoms with Crippen molar-refractivity contribution in [3.8, 4) is 0 Å². The van der Waals surface area contributed by atoms with Crippen LogP contribution in [0.2, 0.25) is 0 Å². The van der Waals surface area contributed by atoms with Crippen molar-refractivity contribution in [2.24, 2.45) is 0 Å². The molecule has 0 heterocycles. The van der Waals surface area contributed by atoms with E-state index in [2.05, 4.69) is 93.7 Å². The Labute approximate surface area is 357 Å². The van der Waals surface area contributed by atoms with E-state index in [0.717, 1.165) is 96.3 Å². The summed E-state index contributed by atoms with van der Waals surface area (Å²) in [6.07, 6.45) is 57.5. The molecule has 0 saturated carbocycles. The van der Waals surface area contributed by atoms with Crippen LogP contribution in [0.3, 0.4) is 0 Å². The molecule has 1 unspecified atom stereocenters. The first-order chi connectivity index (χ1) is 28.5. The van der Waals surface area contributed by atoms with Crippen LogP contribution in [-0.2, 0) is 28.6 Å². The van der Waals surface area contributed by atoms with Crippen molar-refractivity contribution in [1.29, 1.82) is 0 Å². The fourth-order valence-corrected chi connectivity index (χ4v) is 6.37. The third-order valence-electron chi connectivity index (χ3n) is 9.93. The van der Waals surface area contributed by atoms with Gasteiger partial charge in [-0.05, 0) is 103 Å². The van der Waals surface area contributed by atoms with E-state index in [-0.39, 0.29) is 31.1 Å². The number of unbranched alkanes of at least 4 members (excludes halogenated alkanes) is 19. The average Bonchev–Trinajstić information content (AvgIpc) is 3.22. The number of rotatable bonds is 42. The SMILES string of the molecule is CC/C=C\C/C=C\C/C=C\CCCCCCCCC(=O)OCC(COC(=O)CCCC/C=C\C/C=C\CC)OC(=O)CCCCCCCCC/C=C\CCCCCC.